The first-order chi connectivity index (χ1) is 9.28. The molecule has 0 amide bonds. The molecule has 4 nitrogen and oxygen atoms in total. The lowest BCUT2D eigenvalue weighted by Crippen LogP contribution is -2.22. The number of rotatable bonds is 6. The van der Waals surface area contributed by atoms with Gasteiger partial charge in [0.1, 0.15) is 5.75 Å². The van der Waals surface area contributed by atoms with Crippen LogP contribution in [0.5, 0.6) is 5.75 Å². The number of aromatic nitrogens is 2. The van der Waals surface area contributed by atoms with Gasteiger partial charge in [-0.2, -0.15) is 5.10 Å². The smallest absolute Gasteiger partial charge is 0.119 e. The maximum absolute atomic E-state index is 5.27. The zero-order chi connectivity index (χ0) is 13.7. The van der Waals surface area contributed by atoms with Crippen LogP contribution in [0.15, 0.2) is 36.5 Å². The number of aryl methyl sites for hydroxylation is 1. The highest BCUT2D eigenvalue weighted by Gasteiger charge is 2.14. The van der Waals surface area contributed by atoms with E-state index >= 15 is 0 Å². The second kappa shape index (κ2) is 6.38. The Labute approximate surface area is 114 Å². The van der Waals surface area contributed by atoms with Crippen molar-refractivity contribution in [3.05, 3.63) is 47.8 Å². The average Bonchev–Trinajstić information content (AvgIpc) is 2.93. The summed E-state index contributed by atoms with van der Waals surface area (Å²) < 4.78 is 7.30. The van der Waals surface area contributed by atoms with Crippen molar-refractivity contribution in [2.45, 2.75) is 25.9 Å². The van der Waals surface area contributed by atoms with Crippen LogP contribution in [0.25, 0.3) is 0 Å². The summed E-state index contributed by atoms with van der Waals surface area (Å²) in [6, 6.07) is 10.5. The molecule has 1 aromatic carbocycles. The van der Waals surface area contributed by atoms with Crippen LogP contribution < -0.4 is 10.1 Å². The largest absolute Gasteiger partial charge is 0.497 e. The van der Waals surface area contributed by atoms with E-state index in [9.17, 15) is 0 Å². The highest BCUT2D eigenvalue weighted by atomic mass is 16.5. The monoisotopic (exact) mass is 259 g/mol. The van der Waals surface area contributed by atoms with Gasteiger partial charge in [-0.15, -0.1) is 0 Å². The first-order valence-corrected chi connectivity index (χ1v) is 6.60. The lowest BCUT2D eigenvalue weighted by atomic mass is 10.0. The second-order valence-corrected chi connectivity index (χ2v) is 4.47. The van der Waals surface area contributed by atoms with Gasteiger partial charge in [0.05, 0.1) is 18.8 Å². The van der Waals surface area contributed by atoms with E-state index in [-0.39, 0.29) is 6.04 Å². The van der Waals surface area contributed by atoms with Gasteiger partial charge in [0, 0.05) is 12.7 Å². The summed E-state index contributed by atoms with van der Waals surface area (Å²) in [5.74, 6) is 0.899. The fraction of sp³-hybridized carbons (Fsp3) is 0.400. The lowest BCUT2D eigenvalue weighted by Gasteiger charge is -2.18. The Balaban J connectivity index is 2.19. The summed E-state index contributed by atoms with van der Waals surface area (Å²) in [5.41, 5.74) is 2.47. The van der Waals surface area contributed by atoms with Gasteiger partial charge in [-0.1, -0.05) is 12.1 Å². The number of benzene rings is 1. The average molecular weight is 259 g/mol. The van der Waals surface area contributed by atoms with Crippen molar-refractivity contribution in [2.75, 3.05) is 14.2 Å². The standard InChI is InChI=1S/C15H21N3O/c1-4-18-15(8-9-17-18)14(16-2)11-12-6-5-7-13(10-12)19-3/h5-10,14,16H,4,11H2,1-3H3. The molecule has 0 spiro atoms. The Morgan fingerprint density at radius 3 is 2.89 bits per heavy atom. The van der Waals surface area contributed by atoms with E-state index in [1.54, 1.807) is 7.11 Å². The molecule has 0 saturated carbocycles. The Hall–Kier alpha value is -1.81. The number of ether oxygens (including phenoxy) is 1. The molecule has 4 heteroatoms. The number of nitrogens with one attached hydrogen (secondary N) is 1. The molecule has 19 heavy (non-hydrogen) atoms. The van der Waals surface area contributed by atoms with Gasteiger partial charge in [0.25, 0.3) is 0 Å². The molecular weight excluding hydrogens is 238 g/mol. The van der Waals surface area contributed by atoms with Crippen LogP contribution in [0, 0.1) is 0 Å². The van der Waals surface area contributed by atoms with E-state index in [1.807, 2.05) is 30.1 Å². The van der Waals surface area contributed by atoms with E-state index < -0.39 is 0 Å². The summed E-state index contributed by atoms with van der Waals surface area (Å²) in [6.07, 6.45) is 2.77. The maximum atomic E-state index is 5.27. The van der Waals surface area contributed by atoms with Crippen LogP contribution in [0.1, 0.15) is 24.2 Å². The molecule has 0 saturated heterocycles. The number of hydrogen-bond donors (Lipinski definition) is 1. The Morgan fingerprint density at radius 2 is 2.21 bits per heavy atom. The first kappa shape index (κ1) is 13.6. The SMILES string of the molecule is CCn1nccc1C(Cc1cccc(OC)c1)NC. The molecule has 0 aliphatic heterocycles. The van der Waals surface area contributed by atoms with E-state index in [4.69, 9.17) is 4.74 Å². The minimum absolute atomic E-state index is 0.259. The molecule has 1 aromatic heterocycles. The Morgan fingerprint density at radius 1 is 1.37 bits per heavy atom. The maximum Gasteiger partial charge on any atom is 0.119 e. The predicted molar refractivity (Wildman–Crippen MR) is 76.4 cm³/mol. The molecule has 0 radical (unpaired) electrons. The zero-order valence-electron chi connectivity index (χ0n) is 11.8. The number of nitrogens with zero attached hydrogens (tertiary/aromatic N) is 2. The van der Waals surface area contributed by atoms with Gasteiger partial charge in [-0.25, -0.2) is 0 Å². The van der Waals surface area contributed by atoms with E-state index in [0.717, 1.165) is 18.7 Å². The summed E-state index contributed by atoms with van der Waals surface area (Å²) in [4.78, 5) is 0. The predicted octanol–water partition coefficient (Wildman–Crippen LogP) is 2.41. The van der Waals surface area contributed by atoms with Crippen LogP contribution >= 0.6 is 0 Å². The van der Waals surface area contributed by atoms with E-state index in [1.165, 1.54) is 11.3 Å². The van der Waals surface area contributed by atoms with Gasteiger partial charge < -0.3 is 10.1 Å². The van der Waals surface area contributed by atoms with Gasteiger partial charge in [-0.05, 0) is 44.2 Å². The van der Waals surface area contributed by atoms with Crippen LogP contribution in [0.3, 0.4) is 0 Å². The summed E-state index contributed by atoms with van der Waals surface area (Å²) in [6.45, 7) is 2.99. The lowest BCUT2D eigenvalue weighted by molar-refractivity contribution is 0.413. The van der Waals surface area contributed by atoms with Crippen molar-refractivity contribution >= 4 is 0 Å². The number of likely N-dealkylation sites (N-methyl/N-ethyl adjacent to an activating group) is 1. The van der Waals surface area contributed by atoms with Crippen molar-refractivity contribution in [3.63, 3.8) is 0 Å². The van der Waals surface area contributed by atoms with Crippen molar-refractivity contribution in [1.29, 1.82) is 0 Å². The summed E-state index contributed by atoms with van der Waals surface area (Å²) in [5, 5.41) is 7.69. The Bertz CT molecular complexity index is 522. The van der Waals surface area contributed by atoms with Crippen LogP contribution in [0.4, 0.5) is 0 Å². The van der Waals surface area contributed by atoms with Gasteiger partial charge >= 0.3 is 0 Å². The van der Waals surface area contributed by atoms with Crippen molar-refractivity contribution < 1.29 is 4.74 Å². The molecule has 0 bridgehead atoms. The molecule has 1 N–H and O–H groups in total. The quantitative estimate of drug-likeness (QED) is 0.866. The highest BCUT2D eigenvalue weighted by molar-refractivity contribution is 5.29. The highest BCUT2D eigenvalue weighted by Crippen LogP contribution is 2.20. The molecule has 0 aliphatic rings. The molecule has 0 aliphatic carbocycles. The van der Waals surface area contributed by atoms with Crippen LogP contribution in [-0.2, 0) is 13.0 Å². The molecule has 2 rings (SSSR count). The molecular formula is C15H21N3O. The summed E-state index contributed by atoms with van der Waals surface area (Å²) in [7, 11) is 3.68. The van der Waals surface area contributed by atoms with Crippen molar-refractivity contribution in [1.82, 2.24) is 15.1 Å². The molecule has 1 unspecified atom stereocenters. The fourth-order valence-electron chi connectivity index (χ4n) is 2.29. The number of hydrogen-bond acceptors (Lipinski definition) is 3. The molecule has 102 valence electrons. The topological polar surface area (TPSA) is 39.1 Å². The van der Waals surface area contributed by atoms with Gasteiger partial charge in [0.15, 0.2) is 0 Å². The number of methoxy groups -OCH3 is 1. The van der Waals surface area contributed by atoms with E-state index in [0.29, 0.717) is 0 Å². The fourth-order valence-corrected chi connectivity index (χ4v) is 2.29. The summed E-state index contributed by atoms with van der Waals surface area (Å²) >= 11 is 0. The molecule has 1 heterocycles. The van der Waals surface area contributed by atoms with Crippen molar-refractivity contribution in [2.24, 2.45) is 0 Å². The normalized spacial score (nSPS) is 12.4. The zero-order valence-corrected chi connectivity index (χ0v) is 11.8. The van der Waals surface area contributed by atoms with Gasteiger partial charge in [-0.3, -0.25) is 4.68 Å². The third kappa shape index (κ3) is 3.15. The minimum Gasteiger partial charge on any atom is -0.497 e. The van der Waals surface area contributed by atoms with Crippen molar-refractivity contribution in [3.8, 4) is 5.75 Å². The Kier molecular flexibility index (Phi) is 4.58. The third-order valence-electron chi connectivity index (χ3n) is 3.33. The molecule has 2 aromatic rings. The first-order valence-electron chi connectivity index (χ1n) is 6.60. The van der Waals surface area contributed by atoms with Gasteiger partial charge in [0.2, 0.25) is 0 Å². The van der Waals surface area contributed by atoms with Crippen LogP contribution in [-0.4, -0.2) is 23.9 Å². The second-order valence-electron chi connectivity index (χ2n) is 4.47. The molecule has 1 atom stereocenters. The third-order valence-corrected chi connectivity index (χ3v) is 3.33. The minimum atomic E-state index is 0.259. The van der Waals surface area contributed by atoms with Crippen LogP contribution in [0.2, 0.25) is 0 Å². The molecule has 0 fully saturated rings. The van der Waals surface area contributed by atoms with E-state index in [2.05, 4.69) is 35.5 Å².